The van der Waals surface area contributed by atoms with E-state index < -0.39 is 0 Å². The number of hydrogen-bond donors (Lipinski definition) is 0. The van der Waals surface area contributed by atoms with Gasteiger partial charge < -0.3 is 4.74 Å². The van der Waals surface area contributed by atoms with Crippen LogP contribution in [0, 0.1) is 23.2 Å². The third-order valence-corrected chi connectivity index (χ3v) is 7.09. The minimum Gasteiger partial charge on any atom is -0.496 e. The van der Waals surface area contributed by atoms with Gasteiger partial charge >= 0.3 is 0 Å². The van der Waals surface area contributed by atoms with Crippen LogP contribution in [-0.2, 0) is 6.42 Å². The molecule has 4 rings (SSSR count). The molecule has 0 N–H and O–H groups in total. The predicted molar refractivity (Wildman–Crippen MR) is 115 cm³/mol. The van der Waals surface area contributed by atoms with Gasteiger partial charge in [0.05, 0.1) is 19.6 Å². The van der Waals surface area contributed by atoms with E-state index in [-0.39, 0.29) is 11.7 Å². The average molecular weight is 391 g/mol. The fraction of sp³-hybridized carbons (Fsp3) is 0.520. The Morgan fingerprint density at radius 2 is 2.07 bits per heavy atom. The highest BCUT2D eigenvalue weighted by molar-refractivity contribution is 6.02. The number of benzene rings is 2. The zero-order valence-electron chi connectivity index (χ0n) is 17.5. The van der Waals surface area contributed by atoms with Crippen LogP contribution in [0.15, 0.2) is 30.3 Å². The van der Waals surface area contributed by atoms with E-state index in [0.717, 1.165) is 53.6 Å². The molecule has 2 unspecified atom stereocenters. The summed E-state index contributed by atoms with van der Waals surface area (Å²) in [5.74, 6) is 1.57. The molecule has 1 saturated heterocycles. The van der Waals surface area contributed by atoms with E-state index in [9.17, 15) is 10.1 Å². The number of ether oxygens (including phenoxy) is 1. The van der Waals surface area contributed by atoms with Crippen molar-refractivity contribution in [3.05, 3.63) is 41.5 Å². The lowest BCUT2D eigenvalue weighted by Crippen LogP contribution is -2.50. The molecule has 0 bridgehead atoms. The maximum Gasteiger partial charge on any atom is 0.167 e. The molecule has 1 aliphatic heterocycles. The molecular weight excluding hydrogens is 360 g/mol. The van der Waals surface area contributed by atoms with Crippen molar-refractivity contribution >= 4 is 16.6 Å². The molecule has 1 saturated carbocycles. The lowest BCUT2D eigenvalue weighted by atomic mass is 9.77. The zero-order valence-corrected chi connectivity index (χ0v) is 17.5. The summed E-state index contributed by atoms with van der Waals surface area (Å²) in [6, 6.07) is 12.8. The van der Waals surface area contributed by atoms with E-state index in [1.807, 2.05) is 30.3 Å². The van der Waals surface area contributed by atoms with Crippen LogP contribution in [0.4, 0.5) is 0 Å². The summed E-state index contributed by atoms with van der Waals surface area (Å²) in [4.78, 5) is 16.1. The van der Waals surface area contributed by atoms with Crippen LogP contribution in [0.25, 0.3) is 10.8 Å². The highest BCUT2D eigenvalue weighted by Gasteiger charge is 2.37. The molecule has 2 aliphatic rings. The lowest BCUT2D eigenvalue weighted by molar-refractivity contribution is 0.0401. The third kappa shape index (κ3) is 3.76. The van der Waals surface area contributed by atoms with Gasteiger partial charge in [0.15, 0.2) is 5.78 Å². The van der Waals surface area contributed by atoms with Gasteiger partial charge in [-0.3, -0.25) is 9.69 Å². The van der Waals surface area contributed by atoms with Crippen molar-refractivity contribution in [2.75, 3.05) is 20.2 Å². The molecule has 4 nitrogen and oxygen atoms in total. The van der Waals surface area contributed by atoms with E-state index >= 15 is 0 Å². The second kappa shape index (κ2) is 8.55. The number of rotatable bonds is 6. The summed E-state index contributed by atoms with van der Waals surface area (Å²) in [6.07, 6.45) is 6.39. The Balaban J connectivity index is 1.64. The molecule has 0 amide bonds. The van der Waals surface area contributed by atoms with Crippen LogP contribution in [0.5, 0.6) is 5.75 Å². The quantitative estimate of drug-likeness (QED) is 0.652. The fourth-order valence-electron chi connectivity index (χ4n) is 5.09. The van der Waals surface area contributed by atoms with Crippen molar-refractivity contribution in [1.82, 2.24) is 4.90 Å². The molecule has 29 heavy (non-hydrogen) atoms. The Labute approximate surface area is 173 Å². The summed E-state index contributed by atoms with van der Waals surface area (Å²) in [7, 11) is 1.63. The first kappa shape index (κ1) is 19.9. The third-order valence-electron chi connectivity index (χ3n) is 7.09. The largest absolute Gasteiger partial charge is 0.496 e. The number of ketones is 1. The summed E-state index contributed by atoms with van der Waals surface area (Å²) in [6.45, 7) is 4.26. The van der Waals surface area contributed by atoms with Crippen molar-refractivity contribution < 1.29 is 9.53 Å². The first-order valence-corrected chi connectivity index (χ1v) is 10.9. The van der Waals surface area contributed by atoms with E-state index in [1.54, 1.807) is 7.11 Å². The number of Topliss-reactive ketones (excluding diaryl/α,β-unsaturated/α-hetero) is 1. The molecule has 2 aromatic carbocycles. The highest BCUT2D eigenvalue weighted by atomic mass is 16.5. The molecule has 1 heterocycles. The molecule has 0 spiro atoms. The Hall–Kier alpha value is -2.38. The van der Waals surface area contributed by atoms with Gasteiger partial charge in [0, 0.05) is 29.6 Å². The number of likely N-dealkylation sites (tertiary alicyclic amines) is 1. The Bertz CT molecular complexity index is 942. The van der Waals surface area contributed by atoms with Gasteiger partial charge in [0.2, 0.25) is 0 Å². The van der Waals surface area contributed by atoms with Gasteiger partial charge in [-0.05, 0) is 54.6 Å². The van der Waals surface area contributed by atoms with Crippen molar-refractivity contribution in [2.24, 2.45) is 11.8 Å². The van der Waals surface area contributed by atoms with Crippen molar-refractivity contribution in [3.8, 4) is 11.8 Å². The fourth-order valence-corrected chi connectivity index (χ4v) is 5.09. The molecule has 1 aliphatic carbocycles. The van der Waals surface area contributed by atoms with E-state index in [0.29, 0.717) is 18.4 Å². The number of carbonyl (C=O) groups excluding carboxylic acids is 1. The van der Waals surface area contributed by atoms with Crippen molar-refractivity contribution in [1.29, 1.82) is 5.26 Å². The van der Waals surface area contributed by atoms with Gasteiger partial charge in [-0.25, -0.2) is 0 Å². The topological polar surface area (TPSA) is 53.3 Å². The van der Waals surface area contributed by atoms with Gasteiger partial charge in [0.25, 0.3) is 0 Å². The number of piperidine rings is 1. The maximum absolute atomic E-state index is 13.5. The number of carbonyl (C=O) groups is 1. The number of hydrogen-bond acceptors (Lipinski definition) is 4. The first-order valence-electron chi connectivity index (χ1n) is 10.9. The molecule has 4 heteroatoms. The van der Waals surface area contributed by atoms with Crippen LogP contribution in [-0.4, -0.2) is 36.9 Å². The van der Waals surface area contributed by atoms with Crippen LogP contribution in [0.2, 0.25) is 0 Å². The highest BCUT2D eigenvalue weighted by Crippen LogP contribution is 2.35. The first-order chi connectivity index (χ1) is 14.2. The minimum absolute atomic E-state index is 0.0867. The van der Waals surface area contributed by atoms with Crippen molar-refractivity contribution in [3.63, 3.8) is 0 Å². The average Bonchev–Trinajstić information content (AvgIpc) is 2.72. The van der Waals surface area contributed by atoms with Crippen LogP contribution in [0.1, 0.15) is 54.9 Å². The summed E-state index contributed by atoms with van der Waals surface area (Å²) in [5.41, 5.74) is 1.69. The summed E-state index contributed by atoms with van der Waals surface area (Å²) in [5, 5.41) is 11.2. The van der Waals surface area contributed by atoms with Gasteiger partial charge in [-0.1, -0.05) is 38.0 Å². The number of nitriles is 1. The standard InChI is InChI=1S/C25H30N2O2/c1-3-17-12-14-27(20-5-4-6-20)16-23(17)25(28)19-7-9-21-18(15-19)8-10-24(29-2)22(21)11-13-26/h7-10,15,17,20,23H,3-6,11-12,14,16H2,1-2H3. The summed E-state index contributed by atoms with van der Waals surface area (Å²) >= 11 is 0. The lowest BCUT2D eigenvalue weighted by Gasteiger charge is -2.44. The Kier molecular flexibility index (Phi) is 5.87. The van der Waals surface area contributed by atoms with E-state index in [2.05, 4.69) is 17.9 Å². The molecule has 152 valence electrons. The Morgan fingerprint density at radius 1 is 1.24 bits per heavy atom. The second-order valence-electron chi connectivity index (χ2n) is 8.52. The molecule has 2 fully saturated rings. The van der Waals surface area contributed by atoms with Crippen LogP contribution >= 0.6 is 0 Å². The number of fused-ring (bicyclic) bond motifs is 1. The Morgan fingerprint density at radius 3 is 2.72 bits per heavy atom. The van der Waals surface area contributed by atoms with Gasteiger partial charge in [-0.2, -0.15) is 5.26 Å². The molecule has 2 atom stereocenters. The second-order valence-corrected chi connectivity index (χ2v) is 8.52. The number of methoxy groups -OCH3 is 1. The smallest absolute Gasteiger partial charge is 0.167 e. The van der Waals surface area contributed by atoms with Gasteiger partial charge in [-0.15, -0.1) is 0 Å². The van der Waals surface area contributed by atoms with E-state index in [1.165, 1.54) is 19.3 Å². The monoisotopic (exact) mass is 390 g/mol. The van der Waals surface area contributed by atoms with Crippen molar-refractivity contribution in [2.45, 2.75) is 51.5 Å². The van der Waals surface area contributed by atoms with Crippen LogP contribution in [0.3, 0.4) is 0 Å². The van der Waals surface area contributed by atoms with Gasteiger partial charge in [0.1, 0.15) is 5.75 Å². The summed E-state index contributed by atoms with van der Waals surface area (Å²) < 4.78 is 5.43. The molecule has 0 aromatic heterocycles. The van der Waals surface area contributed by atoms with Crippen LogP contribution < -0.4 is 4.74 Å². The molecule has 0 radical (unpaired) electrons. The zero-order chi connectivity index (χ0) is 20.4. The normalized spacial score (nSPS) is 22.8. The predicted octanol–water partition coefficient (Wildman–Crippen LogP) is 5.00. The molecular formula is C25H30N2O2. The number of nitrogens with zero attached hydrogens (tertiary/aromatic N) is 2. The molecule has 2 aromatic rings. The SMILES string of the molecule is CCC1CCN(C2CCC2)CC1C(=O)c1ccc2c(CC#N)c(OC)ccc2c1. The minimum atomic E-state index is 0.0867. The maximum atomic E-state index is 13.5. The van der Waals surface area contributed by atoms with E-state index in [4.69, 9.17) is 4.74 Å².